The van der Waals surface area contributed by atoms with Crippen LogP contribution in [0.5, 0.6) is 5.75 Å². The number of benzene rings is 1. The summed E-state index contributed by atoms with van der Waals surface area (Å²) < 4.78 is 5.34. The van der Waals surface area contributed by atoms with Gasteiger partial charge in [-0.05, 0) is 25.0 Å². The van der Waals surface area contributed by atoms with Crippen LogP contribution in [0.4, 0.5) is 5.69 Å². The van der Waals surface area contributed by atoms with Crippen molar-refractivity contribution in [2.75, 3.05) is 18.9 Å². The topological polar surface area (TPSA) is 84.6 Å². The van der Waals surface area contributed by atoms with Gasteiger partial charge in [-0.3, -0.25) is 4.79 Å². The summed E-state index contributed by atoms with van der Waals surface area (Å²) in [6, 6.07) is 6.96. The molecule has 0 heterocycles. The standard InChI is InChI=1S/C14H20N2O3/c15-11-4-2-5-12(7-11)19-9-14(18)16-8-10-3-1-6-13(10)17/h2,4-5,7,10,13,17H,1,3,6,8-9,15H2,(H,16,18). The molecule has 0 radical (unpaired) electrons. The molecule has 0 bridgehead atoms. The highest BCUT2D eigenvalue weighted by Gasteiger charge is 2.25. The van der Waals surface area contributed by atoms with Gasteiger partial charge in [0.15, 0.2) is 6.61 Å². The molecular formula is C14H20N2O3. The van der Waals surface area contributed by atoms with E-state index in [2.05, 4.69) is 5.32 Å². The first-order valence-electron chi connectivity index (χ1n) is 6.58. The van der Waals surface area contributed by atoms with E-state index in [0.29, 0.717) is 18.0 Å². The number of rotatable bonds is 5. The van der Waals surface area contributed by atoms with Crippen LogP contribution >= 0.6 is 0 Å². The molecule has 5 nitrogen and oxygen atoms in total. The fourth-order valence-electron chi connectivity index (χ4n) is 2.30. The lowest BCUT2D eigenvalue weighted by Crippen LogP contribution is -2.35. The third kappa shape index (κ3) is 4.13. The van der Waals surface area contributed by atoms with Crippen LogP contribution < -0.4 is 15.8 Å². The van der Waals surface area contributed by atoms with E-state index < -0.39 is 0 Å². The van der Waals surface area contributed by atoms with Crippen molar-refractivity contribution in [3.05, 3.63) is 24.3 Å². The molecule has 0 aliphatic heterocycles. The molecule has 19 heavy (non-hydrogen) atoms. The molecule has 2 atom stereocenters. The van der Waals surface area contributed by atoms with Crippen molar-refractivity contribution >= 4 is 11.6 Å². The summed E-state index contributed by atoms with van der Waals surface area (Å²) in [7, 11) is 0. The van der Waals surface area contributed by atoms with Gasteiger partial charge in [-0.25, -0.2) is 0 Å². The average Bonchev–Trinajstić information content (AvgIpc) is 2.80. The molecule has 1 aromatic carbocycles. The minimum atomic E-state index is -0.282. The summed E-state index contributed by atoms with van der Waals surface area (Å²) in [6.45, 7) is 0.479. The number of nitrogens with two attached hydrogens (primary N) is 1. The molecule has 5 heteroatoms. The second kappa shape index (κ2) is 6.43. The van der Waals surface area contributed by atoms with E-state index in [1.165, 1.54) is 0 Å². The van der Waals surface area contributed by atoms with Crippen molar-refractivity contribution in [3.63, 3.8) is 0 Å². The van der Waals surface area contributed by atoms with Crippen molar-refractivity contribution in [2.45, 2.75) is 25.4 Å². The Hall–Kier alpha value is -1.75. The van der Waals surface area contributed by atoms with Crippen LogP contribution in [0.25, 0.3) is 0 Å². The Kier molecular flexibility index (Phi) is 4.63. The van der Waals surface area contributed by atoms with E-state index in [-0.39, 0.29) is 24.5 Å². The summed E-state index contributed by atoms with van der Waals surface area (Å²) >= 11 is 0. The number of nitrogen functional groups attached to an aromatic ring is 1. The Balaban J connectivity index is 1.70. The monoisotopic (exact) mass is 264 g/mol. The zero-order valence-electron chi connectivity index (χ0n) is 10.8. The van der Waals surface area contributed by atoms with Crippen molar-refractivity contribution < 1.29 is 14.6 Å². The van der Waals surface area contributed by atoms with Gasteiger partial charge in [0.25, 0.3) is 5.91 Å². The summed E-state index contributed by atoms with van der Waals surface area (Å²) in [6.07, 6.45) is 2.55. The van der Waals surface area contributed by atoms with Gasteiger partial charge in [0.1, 0.15) is 5.75 Å². The molecule has 2 rings (SSSR count). The highest BCUT2D eigenvalue weighted by molar-refractivity contribution is 5.77. The number of carbonyl (C=O) groups is 1. The number of aliphatic hydroxyl groups excluding tert-OH is 1. The zero-order valence-corrected chi connectivity index (χ0v) is 10.8. The Morgan fingerprint density at radius 3 is 3.00 bits per heavy atom. The number of ether oxygens (including phenoxy) is 1. The first kappa shape index (κ1) is 13.7. The van der Waals surface area contributed by atoms with E-state index in [4.69, 9.17) is 10.5 Å². The second-order valence-corrected chi connectivity index (χ2v) is 4.92. The first-order chi connectivity index (χ1) is 9.15. The van der Waals surface area contributed by atoms with Gasteiger partial charge in [-0.15, -0.1) is 0 Å². The molecule has 1 saturated carbocycles. The van der Waals surface area contributed by atoms with Crippen molar-refractivity contribution in [1.29, 1.82) is 0 Å². The number of aliphatic hydroxyl groups is 1. The summed E-state index contributed by atoms with van der Waals surface area (Å²) in [4.78, 5) is 11.6. The highest BCUT2D eigenvalue weighted by atomic mass is 16.5. The first-order valence-corrected chi connectivity index (χ1v) is 6.58. The third-order valence-electron chi connectivity index (χ3n) is 3.41. The maximum Gasteiger partial charge on any atom is 0.257 e. The van der Waals surface area contributed by atoms with Crippen molar-refractivity contribution in [2.24, 2.45) is 5.92 Å². The molecule has 1 aromatic rings. The largest absolute Gasteiger partial charge is 0.484 e. The molecule has 1 aliphatic rings. The molecule has 0 aromatic heterocycles. The van der Waals surface area contributed by atoms with E-state index in [1.807, 2.05) is 0 Å². The normalized spacial score (nSPS) is 22.2. The number of amides is 1. The predicted molar refractivity (Wildman–Crippen MR) is 72.7 cm³/mol. The molecule has 4 N–H and O–H groups in total. The molecule has 0 spiro atoms. The average molecular weight is 264 g/mol. The van der Waals surface area contributed by atoms with Crippen LogP contribution in [0.3, 0.4) is 0 Å². The molecule has 0 saturated heterocycles. The lowest BCUT2D eigenvalue weighted by Gasteiger charge is -2.15. The van der Waals surface area contributed by atoms with Crippen LogP contribution in [-0.2, 0) is 4.79 Å². The van der Waals surface area contributed by atoms with Gasteiger partial charge in [0.05, 0.1) is 6.10 Å². The van der Waals surface area contributed by atoms with Gasteiger partial charge < -0.3 is 20.9 Å². The third-order valence-corrected chi connectivity index (χ3v) is 3.41. The fourth-order valence-corrected chi connectivity index (χ4v) is 2.30. The van der Waals surface area contributed by atoms with Gasteiger partial charge in [-0.2, -0.15) is 0 Å². The molecule has 1 fully saturated rings. The summed E-state index contributed by atoms with van der Waals surface area (Å²) in [5.74, 6) is 0.578. The predicted octanol–water partition coefficient (Wildman–Crippen LogP) is 0.925. The number of hydrogen-bond donors (Lipinski definition) is 3. The Bertz CT molecular complexity index is 436. The summed E-state index contributed by atoms with van der Waals surface area (Å²) in [5.41, 5.74) is 6.22. The Morgan fingerprint density at radius 1 is 1.47 bits per heavy atom. The minimum absolute atomic E-state index is 0.0354. The van der Waals surface area contributed by atoms with Crippen LogP contribution in [-0.4, -0.2) is 30.3 Å². The number of hydrogen-bond acceptors (Lipinski definition) is 4. The summed E-state index contributed by atoms with van der Waals surface area (Å²) in [5, 5.41) is 12.4. The second-order valence-electron chi connectivity index (χ2n) is 4.92. The number of carbonyl (C=O) groups excluding carboxylic acids is 1. The zero-order chi connectivity index (χ0) is 13.7. The maximum atomic E-state index is 11.6. The SMILES string of the molecule is Nc1cccc(OCC(=O)NCC2CCCC2O)c1. The quantitative estimate of drug-likeness (QED) is 0.691. The van der Waals surface area contributed by atoms with Gasteiger partial charge in [0, 0.05) is 24.2 Å². The number of anilines is 1. The lowest BCUT2D eigenvalue weighted by molar-refractivity contribution is -0.123. The van der Waals surface area contributed by atoms with Crippen LogP contribution in [0.1, 0.15) is 19.3 Å². The molecular weight excluding hydrogens is 244 g/mol. The van der Waals surface area contributed by atoms with Crippen molar-refractivity contribution in [1.82, 2.24) is 5.32 Å². The van der Waals surface area contributed by atoms with E-state index in [1.54, 1.807) is 24.3 Å². The molecule has 1 amide bonds. The van der Waals surface area contributed by atoms with E-state index >= 15 is 0 Å². The highest BCUT2D eigenvalue weighted by Crippen LogP contribution is 2.24. The van der Waals surface area contributed by atoms with Gasteiger partial charge >= 0.3 is 0 Å². The smallest absolute Gasteiger partial charge is 0.257 e. The van der Waals surface area contributed by atoms with E-state index in [0.717, 1.165) is 19.3 Å². The Morgan fingerprint density at radius 2 is 2.32 bits per heavy atom. The number of nitrogens with one attached hydrogen (secondary N) is 1. The van der Waals surface area contributed by atoms with Crippen LogP contribution in [0.15, 0.2) is 24.3 Å². The van der Waals surface area contributed by atoms with Crippen LogP contribution in [0, 0.1) is 5.92 Å². The minimum Gasteiger partial charge on any atom is -0.484 e. The van der Waals surface area contributed by atoms with Gasteiger partial charge in [0.2, 0.25) is 0 Å². The lowest BCUT2D eigenvalue weighted by atomic mass is 10.1. The Labute approximate surface area is 112 Å². The van der Waals surface area contributed by atoms with Crippen LogP contribution in [0.2, 0.25) is 0 Å². The molecule has 104 valence electrons. The maximum absolute atomic E-state index is 11.6. The van der Waals surface area contributed by atoms with E-state index in [9.17, 15) is 9.90 Å². The van der Waals surface area contributed by atoms with Gasteiger partial charge in [-0.1, -0.05) is 12.5 Å². The van der Waals surface area contributed by atoms with Crippen molar-refractivity contribution in [3.8, 4) is 5.75 Å². The molecule has 1 aliphatic carbocycles. The molecule has 2 unspecified atom stereocenters. The fraction of sp³-hybridized carbons (Fsp3) is 0.500.